The van der Waals surface area contributed by atoms with Crippen molar-refractivity contribution < 1.29 is 9.53 Å². The van der Waals surface area contributed by atoms with E-state index < -0.39 is 0 Å². The average Bonchev–Trinajstić information content (AvgIpc) is 3.45. The van der Waals surface area contributed by atoms with Gasteiger partial charge < -0.3 is 9.30 Å². The van der Waals surface area contributed by atoms with Gasteiger partial charge in [-0.05, 0) is 49.1 Å². The molecule has 0 aliphatic rings. The summed E-state index contributed by atoms with van der Waals surface area (Å²) < 4.78 is 8.34. The number of aryl methyl sites for hydroxylation is 1. The number of benzene rings is 2. The molecule has 154 valence electrons. The summed E-state index contributed by atoms with van der Waals surface area (Å²) in [7, 11) is 1.65. The van der Waals surface area contributed by atoms with Crippen LogP contribution in [0.4, 0.5) is 5.13 Å². The van der Waals surface area contributed by atoms with Crippen LogP contribution in [0.2, 0.25) is 0 Å². The smallest absolute Gasteiger partial charge is 0.260 e. The number of anilines is 1. The first kappa shape index (κ1) is 20.4. The Balaban J connectivity index is 1.64. The van der Waals surface area contributed by atoms with Crippen LogP contribution >= 0.6 is 23.1 Å². The third-order valence-corrected chi connectivity index (χ3v) is 6.50. The normalized spacial score (nSPS) is 11.0. The van der Waals surface area contributed by atoms with Crippen molar-refractivity contribution in [2.45, 2.75) is 17.9 Å². The lowest BCUT2D eigenvalue weighted by Gasteiger charge is -2.20. The summed E-state index contributed by atoms with van der Waals surface area (Å²) in [5, 5.41) is 0.698. The molecule has 0 bridgehead atoms. The SMILES string of the molecule is COc1ccc2nc(N(CCCn3ccnc3)C(=O)c3cccc(SC)c3)sc2c1. The molecular formula is C22H22N4O2S2. The number of thiazole rings is 1. The summed E-state index contributed by atoms with van der Waals surface area (Å²) in [5.41, 5.74) is 1.53. The lowest BCUT2D eigenvalue weighted by Crippen LogP contribution is -2.32. The maximum Gasteiger partial charge on any atom is 0.260 e. The monoisotopic (exact) mass is 438 g/mol. The van der Waals surface area contributed by atoms with Gasteiger partial charge in [0.1, 0.15) is 5.75 Å². The Morgan fingerprint density at radius 1 is 1.27 bits per heavy atom. The van der Waals surface area contributed by atoms with E-state index in [1.54, 1.807) is 36.3 Å². The number of aromatic nitrogens is 3. The molecule has 0 aliphatic heterocycles. The third kappa shape index (κ3) is 4.49. The second-order valence-electron chi connectivity index (χ2n) is 6.67. The van der Waals surface area contributed by atoms with Gasteiger partial charge in [0.15, 0.2) is 5.13 Å². The molecule has 2 heterocycles. The molecule has 0 spiro atoms. The molecule has 0 fully saturated rings. The molecule has 0 radical (unpaired) electrons. The van der Waals surface area contributed by atoms with E-state index in [0.717, 1.165) is 33.8 Å². The zero-order chi connectivity index (χ0) is 20.9. The minimum Gasteiger partial charge on any atom is -0.497 e. The van der Waals surface area contributed by atoms with E-state index in [0.29, 0.717) is 17.2 Å². The van der Waals surface area contributed by atoms with Gasteiger partial charge in [0.2, 0.25) is 0 Å². The van der Waals surface area contributed by atoms with Gasteiger partial charge in [0.25, 0.3) is 5.91 Å². The van der Waals surface area contributed by atoms with Crippen molar-refractivity contribution in [3.05, 3.63) is 66.7 Å². The van der Waals surface area contributed by atoms with Gasteiger partial charge in [-0.25, -0.2) is 9.97 Å². The number of hydrogen-bond donors (Lipinski definition) is 0. The standard InChI is InChI=1S/C22H22N4O2S2/c1-28-17-7-8-19-20(14-17)30-22(24-19)26(11-4-10-25-12-9-23-15-25)21(27)16-5-3-6-18(13-16)29-2/h3,5-9,12-15H,4,10-11H2,1-2H3. The Hall–Kier alpha value is -2.84. The van der Waals surface area contributed by atoms with Crippen molar-refractivity contribution in [2.75, 3.05) is 24.8 Å². The number of methoxy groups -OCH3 is 1. The predicted molar refractivity (Wildman–Crippen MR) is 123 cm³/mol. The number of carbonyl (C=O) groups excluding carboxylic acids is 1. The number of imidazole rings is 1. The first-order chi connectivity index (χ1) is 14.7. The van der Waals surface area contributed by atoms with Crippen molar-refractivity contribution in [3.63, 3.8) is 0 Å². The van der Waals surface area contributed by atoms with E-state index in [1.165, 1.54) is 11.3 Å². The maximum absolute atomic E-state index is 13.4. The Bertz CT molecular complexity index is 1140. The summed E-state index contributed by atoms with van der Waals surface area (Å²) in [5.74, 6) is 0.742. The number of hydrogen-bond acceptors (Lipinski definition) is 6. The molecule has 2 aromatic heterocycles. The third-order valence-electron chi connectivity index (χ3n) is 4.73. The topological polar surface area (TPSA) is 60.2 Å². The van der Waals surface area contributed by atoms with E-state index in [4.69, 9.17) is 9.72 Å². The fourth-order valence-electron chi connectivity index (χ4n) is 3.16. The lowest BCUT2D eigenvalue weighted by atomic mass is 10.2. The number of thioether (sulfide) groups is 1. The summed E-state index contributed by atoms with van der Waals surface area (Å²) in [6.07, 6.45) is 8.28. The van der Waals surface area contributed by atoms with E-state index >= 15 is 0 Å². The van der Waals surface area contributed by atoms with Gasteiger partial charge in [-0.2, -0.15) is 0 Å². The van der Waals surface area contributed by atoms with Gasteiger partial charge in [0.05, 0.1) is 23.7 Å². The van der Waals surface area contributed by atoms with Crippen LogP contribution in [0.25, 0.3) is 10.2 Å². The molecular weight excluding hydrogens is 416 g/mol. The first-order valence-electron chi connectivity index (χ1n) is 9.54. The summed E-state index contributed by atoms with van der Waals surface area (Å²) in [4.78, 5) is 25.1. The minimum atomic E-state index is -0.0393. The van der Waals surface area contributed by atoms with Gasteiger partial charge in [-0.15, -0.1) is 11.8 Å². The molecule has 6 nitrogen and oxygen atoms in total. The Morgan fingerprint density at radius 2 is 2.17 bits per heavy atom. The van der Waals surface area contributed by atoms with E-state index in [9.17, 15) is 4.79 Å². The Labute approximate surface area is 183 Å². The lowest BCUT2D eigenvalue weighted by molar-refractivity contribution is 0.0986. The largest absolute Gasteiger partial charge is 0.497 e. The molecule has 2 aromatic carbocycles. The van der Waals surface area contributed by atoms with Crippen LogP contribution in [-0.4, -0.2) is 40.4 Å². The van der Waals surface area contributed by atoms with Crippen LogP contribution < -0.4 is 9.64 Å². The van der Waals surface area contributed by atoms with Crippen molar-refractivity contribution in [1.29, 1.82) is 0 Å². The van der Waals surface area contributed by atoms with Crippen LogP contribution in [0.15, 0.2) is 66.1 Å². The molecule has 30 heavy (non-hydrogen) atoms. The van der Waals surface area contributed by atoms with E-state index in [2.05, 4.69) is 4.98 Å². The number of ether oxygens (including phenoxy) is 1. The van der Waals surface area contributed by atoms with Crippen LogP contribution in [0.5, 0.6) is 5.75 Å². The van der Waals surface area contributed by atoms with Gasteiger partial charge in [-0.1, -0.05) is 17.4 Å². The van der Waals surface area contributed by atoms with Crippen molar-refractivity contribution in [3.8, 4) is 5.75 Å². The molecule has 0 atom stereocenters. The van der Waals surface area contributed by atoms with Gasteiger partial charge >= 0.3 is 0 Å². The van der Waals surface area contributed by atoms with Crippen molar-refractivity contribution in [2.24, 2.45) is 0 Å². The summed E-state index contributed by atoms with van der Waals surface area (Å²) in [6, 6.07) is 13.5. The highest BCUT2D eigenvalue weighted by atomic mass is 32.2. The quantitative estimate of drug-likeness (QED) is 0.364. The second-order valence-corrected chi connectivity index (χ2v) is 8.56. The fraction of sp³-hybridized carbons (Fsp3) is 0.227. The average molecular weight is 439 g/mol. The molecule has 0 N–H and O–H groups in total. The van der Waals surface area contributed by atoms with Crippen molar-refractivity contribution >= 4 is 44.4 Å². The zero-order valence-corrected chi connectivity index (χ0v) is 18.4. The van der Waals surface area contributed by atoms with Crippen LogP contribution in [0.1, 0.15) is 16.8 Å². The first-order valence-corrected chi connectivity index (χ1v) is 11.6. The highest BCUT2D eigenvalue weighted by molar-refractivity contribution is 7.98. The number of fused-ring (bicyclic) bond motifs is 1. The molecule has 4 aromatic rings. The van der Waals surface area contributed by atoms with Gasteiger partial charge in [0, 0.05) is 35.9 Å². The summed E-state index contributed by atoms with van der Waals surface area (Å²) >= 11 is 3.13. The predicted octanol–water partition coefficient (Wildman–Crippen LogP) is 4.96. The maximum atomic E-state index is 13.4. The summed E-state index contributed by atoms with van der Waals surface area (Å²) in [6.45, 7) is 1.35. The van der Waals surface area contributed by atoms with Crippen molar-refractivity contribution in [1.82, 2.24) is 14.5 Å². The van der Waals surface area contributed by atoms with E-state index in [-0.39, 0.29) is 5.91 Å². The van der Waals surface area contributed by atoms with Crippen LogP contribution in [0.3, 0.4) is 0 Å². The molecule has 4 rings (SSSR count). The molecule has 0 saturated heterocycles. The van der Waals surface area contributed by atoms with Gasteiger partial charge in [-0.3, -0.25) is 9.69 Å². The fourth-order valence-corrected chi connectivity index (χ4v) is 4.64. The number of rotatable bonds is 8. The molecule has 0 saturated carbocycles. The highest BCUT2D eigenvalue weighted by Gasteiger charge is 2.21. The number of carbonyl (C=O) groups is 1. The van der Waals surface area contributed by atoms with Crippen LogP contribution in [0, 0.1) is 0 Å². The Kier molecular flexibility index (Phi) is 6.35. The zero-order valence-electron chi connectivity index (χ0n) is 16.8. The molecule has 0 unspecified atom stereocenters. The van der Waals surface area contributed by atoms with Crippen LogP contribution in [-0.2, 0) is 6.54 Å². The molecule has 1 amide bonds. The number of nitrogens with zero attached hydrogens (tertiary/aromatic N) is 4. The Morgan fingerprint density at radius 3 is 2.93 bits per heavy atom. The molecule has 0 aliphatic carbocycles. The molecule has 8 heteroatoms. The number of amides is 1. The van der Waals surface area contributed by atoms with E-state index in [1.807, 2.05) is 59.5 Å². The second kappa shape index (κ2) is 9.32. The highest BCUT2D eigenvalue weighted by Crippen LogP contribution is 2.32. The minimum absolute atomic E-state index is 0.0393.